The smallest absolute Gasteiger partial charge is 0.0834 e. The second-order valence-corrected chi connectivity index (χ2v) is 5.45. The van der Waals surface area contributed by atoms with Crippen molar-refractivity contribution >= 4 is 0 Å². The number of aryl methyl sites for hydroxylation is 2. The van der Waals surface area contributed by atoms with Gasteiger partial charge < -0.3 is 5.73 Å². The summed E-state index contributed by atoms with van der Waals surface area (Å²) in [7, 11) is 0. The fourth-order valence-corrected chi connectivity index (χ4v) is 2.43. The molecule has 0 saturated heterocycles. The normalized spacial score (nSPS) is 12.7. The molecule has 1 atom stereocenters. The Labute approximate surface area is 121 Å². The van der Waals surface area contributed by atoms with Gasteiger partial charge in [0.1, 0.15) is 0 Å². The van der Waals surface area contributed by atoms with Gasteiger partial charge >= 0.3 is 0 Å². The van der Waals surface area contributed by atoms with E-state index in [1.807, 2.05) is 29.8 Å². The van der Waals surface area contributed by atoms with Gasteiger partial charge in [-0.05, 0) is 51.3 Å². The summed E-state index contributed by atoms with van der Waals surface area (Å²) in [5.74, 6) is 0. The van der Waals surface area contributed by atoms with Crippen molar-refractivity contribution in [3.8, 4) is 0 Å². The topological polar surface area (TPSA) is 56.7 Å². The molecule has 2 aromatic rings. The summed E-state index contributed by atoms with van der Waals surface area (Å²) in [5.41, 5.74) is 11.7. The van der Waals surface area contributed by atoms with Crippen molar-refractivity contribution in [2.45, 2.75) is 53.1 Å². The van der Waals surface area contributed by atoms with Crippen LogP contribution >= 0.6 is 0 Å². The molecule has 2 N–H and O–H groups in total. The van der Waals surface area contributed by atoms with Crippen molar-refractivity contribution < 1.29 is 0 Å². The molecule has 0 saturated carbocycles. The Morgan fingerprint density at radius 2 is 2.00 bits per heavy atom. The van der Waals surface area contributed by atoms with Crippen LogP contribution in [0, 0.1) is 20.8 Å². The number of hydrogen-bond acceptors (Lipinski definition) is 3. The van der Waals surface area contributed by atoms with Crippen LogP contribution < -0.4 is 5.73 Å². The Kier molecular flexibility index (Phi) is 4.55. The van der Waals surface area contributed by atoms with Gasteiger partial charge in [-0.25, -0.2) is 0 Å². The van der Waals surface area contributed by atoms with Gasteiger partial charge in [-0.15, -0.1) is 0 Å². The first-order valence-corrected chi connectivity index (χ1v) is 7.22. The van der Waals surface area contributed by atoms with E-state index in [2.05, 4.69) is 30.9 Å². The minimum Gasteiger partial charge on any atom is -0.327 e. The predicted octanol–water partition coefficient (Wildman–Crippen LogP) is 2.53. The van der Waals surface area contributed by atoms with Gasteiger partial charge in [0.05, 0.1) is 17.9 Å². The van der Waals surface area contributed by atoms with E-state index in [1.54, 1.807) is 0 Å². The summed E-state index contributed by atoms with van der Waals surface area (Å²) >= 11 is 0. The molecule has 2 heterocycles. The summed E-state index contributed by atoms with van der Waals surface area (Å²) in [5, 5.41) is 4.64. The molecule has 0 bridgehead atoms. The van der Waals surface area contributed by atoms with Gasteiger partial charge in [0.25, 0.3) is 0 Å². The van der Waals surface area contributed by atoms with E-state index >= 15 is 0 Å². The molecule has 2 rings (SSSR count). The first kappa shape index (κ1) is 14.7. The molecule has 0 amide bonds. The molecule has 0 aliphatic heterocycles. The predicted molar refractivity (Wildman–Crippen MR) is 81.7 cm³/mol. The van der Waals surface area contributed by atoms with Crippen LogP contribution in [0.1, 0.15) is 41.7 Å². The Morgan fingerprint density at radius 1 is 1.25 bits per heavy atom. The number of pyridine rings is 1. The molecule has 0 spiro atoms. The van der Waals surface area contributed by atoms with Gasteiger partial charge in [0, 0.05) is 17.4 Å². The van der Waals surface area contributed by atoms with Crippen molar-refractivity contribution in [1.29, 1.82) is 0 Å². The lowest BCUT2D eigenvalue weighted by Gasteiger charge is -2.09. The van der Waals surface area contributed by atoms with E-state index in [-0.39, 0.29) is 6.04 Å². The fourth-order valence-electron chi connectivity index (χ4n) is 2.43. The molecule has 0 radical (unpaired) electrons. The van der Waals surface area contributed by atoms with Crippen LogP contribution in [0.3, 0.4) is 0 Å². The molecule has 0 aliphatic rings. The van der Waals surface area contributed by atoms with Crippen LogP contribution in [0.2, 0.25) is 0 Å². The van der Waals surface area contributed by atoms with Crippen molar-refractivity contribution in [2.24, 2.45) is 5.73 Å². The highest BCUT2D eigenvalue weighted by Crippen LogP contribution is 2.16. The highest BCUT2D eigenvalue weighted by molar-refractivity contribution is 5.26. The Balaban J connectivity index is 2.23. The maximum absolute atomic E-state index is 6.08. The van der Waals surface area contributed by atoms with E-state index in [9.17, 15) is 0 Å². The lowest BCUT2D eigenvalue weighted by Crippen LogP contribution is -2.22. The van der Waals surface area contributed by atoms with Gasteiger partial charge in [-0.3, -0.25) is 9.67 Å². The van der Waals surface area contributed by atoms with Crippen molar-refractivity contribution in [3.05, 3.63) is 46.5 Å². The van der Waals surface area contributed by atoms with E-state index in [0.29, 0.717) is 0 Å². The molecule has 1 unspecified atom stereocenters. The Bertz CT molecular complexity index is 586. The summed E-state index contributed by atoms with van der Waals surface area (Å²) in [6.07, 6.45) is 1.89. The molecule has 0 fully saturated rings. The average Bonchev–Trinajstić information content (AvgIpc) is 2.66. The zero-order chi connectivity index (χ0) is 14.7. The van der Waals surface area contributed by atoms with Gasteiger partial charge in [0.2, 0.25) is 0 Å². The number of nitrogens with zero attached hydrogens (tertiary/aromatic N) is 3. The van der Waals surface area contributed by atoms with Crippen molar-refractivity contribution in [2.75, 3.05) is 0 Å². The first-order chi connectivity index (χ1) is 9.51. The van der Waals surface area contributed by atoms with Crippen LogP contribution in [-0.4, -0.2) is 20.8 Å². The summed E-state index contributed by atoms with van der Waals surface area (Å²) in [6.45, 7) is 9.03. The van der Waals surface area contributed by atoms with Crippen molar-refractivity contribution in [3.63, 3.8) is 0 Å². The number of aromatic nitrogens is 3. The highest BCUT2D eigenvalue weighted by Gasteiger charge is 2.14. The molecule has 0 aliphatic carbocycles. The molecule has 4 nitrogen and oxygen atoms in total. The fraction of sp³-hybridized carbons (Fsp3) is 0.500. The van der Waals surface area contributed by atoms with Crippen LogP contribution in [0.15, 0.2) is 18.2 Å². The maximum Gasteiger partial charge on any atom is 0.0834 e. The number of rotatable bonds is 5. The second-order valence-electron chi connectivity index (χ2n) is 5.45. The first-order valence-electron chi connectivity index (χ1n) is 7.22. The quantitative estimate of drug-likeness (QED) is 0.910. The molecule has 108 valence electrons. The van der Waals surface area contributed by atoms with E-state index in [1.165, 1.54) is 11.3 Å². The lowest BCUT2D eigenvalue weighted by molar-refractivity contribution is 0.631. The molecule has 0 aromatic carbocycles. The number of hydrogen-bond donors (Lipinski definition) is 1. The third kappa shape index (κ3) is 3.25. The third-order valence-electron chi connectivity index (χ3n) is 3.78. The Morgan fingerprint density at radius 3 is 2.65 bits per heavy atom. The minimum atomic E-state index is 0.210. The SMILES string of the molecule is CCC(N)Cc1c(C)nn(Cc2cccc(C)n2)c1C. The van der Waals surface area contributed by atoms with Crippen LogP contribution in [0.5, 0.6) is 0 Å². The van der Waals surface area contributed by atoms with Gasteiger partial charge in [0.15, 0.2) is 0 Å². The van der Waals surface area contributed by atoms with Crippen LogP contribution in [-0.2, 0) is 13.0 Å². The lowest BCUT2D eigenvalue weighted by atomic mass is 10.0. The summed E-state index contributed by atoms with van der Waals surface area (Å²) in [4.78, 5) is 4.54. The highest BCUT2D eigenvalue weighted by atomic mass is 15.3. The molecular weight excluding hydrogens is 248 g/mol. The largest absolute Gasteiger partial charge is 0.327 e. The Hall–Kier alpha value is -1.68. The van der Waals surface area contributed by atoms with Gasteiger partial charge in [-0.2, -0.15) is 5.10 Å². The van der Waals surface area contributed by atoms with E-state index < -0.39 is 0 Å². The zero-order valence-electron chi connectivity index (χ0n) is 12.8. The second kappa shape index (κ2) is 6.18. The molecular formula is C16H24N4. The van der Waals surface area contributed by atoms with Crippen LogP contribution in [0.4, 0.5) is 0 Å². The third-order valence-corrected chi connectivity index (χ3v) is 3.78. The van der Waals surface area contributed by atoms with E-state index in [4.69, 9.17) is 5.73 Å². The minimum absolute atomic E-state index is 0.210. The average molecular weight is 272 g/mol. The monoisotopic (exact) mass is 272 g/mol. The van der Waals surface area contributed by atoms with Crippen molar-refractivity contribution in [1.82, 2.24) is 14.8 Å². The number of nitrogens with two attached hydrogens (primary N) is 1. The van der Waals surface area contributed by atoms with Crippen LogP contribution in [0.25, 0.3) is 0 Å². The summed E-state index contributed by atoms with van der Waals surface area (Å²) in [6, 6.07) is 6.30. The van der Waals surface area contributed by atoms with E-state index in [0.717, 1.165) is 36.5 Å². The molecule has 20 heavy (non-hydrogen) atoms. The maximum atomic E-state index is 6.08. The summed E-state index contributed by atoms with van der Waals surface area (Å²) < 4.78 is 2.04. The zero-order valence-corrected chi connectivity index (χ0v) is 12.8. The van der Waals surface area contributed by atoms with Gasteiger partial charge in [-0.1, -0.05) is 13.0 Å². The molecule has 2 aromatic heterocycles. The standard InChI is InChI=1S/C16H24N4/c1-5-14(17)9-16-12(3)19-20(13(16)4)10-15-8-6-7-11(2)18-15/h6-8,14H,5,9-10,17H2,1-4H3. The molecule has 4 heteroatoms.